The molecule has 0 unspecified atom stereocenters. The highest BCUT2D eigenvalue weighted by Crippen LogP contribution is 2.29. The number of hydrogen-bond acceptors (Lipinski definition) is 5. The van der Waals surface area contributed by atoms with Gasteiger partial charge < -0.3 is 14.8 Å². The smallest absolute Gasteiger partial charge is 0.387 e. The molecule has 1 rings (SSSR count). The first kappa shape index (κ1) is 19.1. The van der Waals surface area contributed by atoms with Crippen molar-refractivity contribution in [3.63, 3.8) is 0 Å². The van der Waals surface area contributed by atoms with Gasteiger partial charge in [-0.05, 0) is 32.0 Å². The van der Waals surface area contributed by atoms with Crippen LogP contribution in [0.5, 0.6) is 11.5 Å². The number of carbonyl (C=O) groups excluding carboxylic acids is 3. The number of carbonyl (C=O) groups is 3. The predicted octanol–water partition coefficient (Wildman–Crippen LogP) is 0.582. The van der Waals surface area contributed by atoms with Gasteiger partial charge in [0.15, 0.2) is 11.5 Å². The van der Waals surface area contributed by atoms with Gasteiger partial charge in [-0.1, -0.05) is 0 Å². The van der Waals surface area contributed by atoms with Gasteiger partial charge in [-0.2, -0.15) is 8.78 Å². The lowest BCUT2D eigenvalue weighted by atomic mass is 10.2. The SMILES string of the molecule is COc1cc(C(=O)NNC(=O)C(=O)NC(C)C)ccc1OC(F)F. The Bertz CT molecular complexity index is 622. The van der Waals surface area contributed by atoms with Crippen LogP contribution in [0.25, 0.3) is 0 Å². The van der Waals surface area contributed by atoms with E-state index in [2.05, 4.69) is 10.1 Å². The summed E-state index contributed by atoms with van der Waals surface area (Å²) in [4.78, 5) is 34.7. The van der Waals surface area contributed by atoms with Crippen LogP contribution < -0.4 is 25.6 Å². The minimum absolute atomic E-state index is 0.00182. The largest absolute Gasteiger partial charge is 0.493 e. The summed E-state index contributed by atoms with van der Waals surface area (Å²) in [5.74, 6) is -3.08. The number of amides is 3. The molecule has 132 valence electrons. The average Bonchev–Trinajstić information content (AvgIpc) is 2.51. The number of hydrazine groups is 1. The molecule has 0 spiro atoms. The fourth-order valence-corrected chi connectivity index (χ4v) is 1.57. The van der Waals surface area contributed by atoms with Gasteiger partial charge >= 0.3 is 18.4 Å². The summed E-state index contributed by atoms with van der Waals surface area (Å²) in [7, 11) is 1.22. The van der Waals surface area contributed by atoms with Gasteiger partial charge in [-0.15, -0.1) is 0 Å². The Labute approximate surface area is 136 Å². The maximum Gasteiger partial charge on any atom is 0.387 e. The van der Waals surface area contributed by atoms with E-state index in [1.807, 2.05) is 10.9 Å². The van der Waals surface area contributed by atoms with Crippen molar-refractivity contribution in [2.24, 2.45) is 0 Å². The molecule has 3 N–H and O–H groups in total. The van der Waals surface area contributed by atoms with Gasteiger partial charge in [0.1, 0.15) is 0 Å². The van der Waals surface area contributed by atoms with Crippen LogP contribution in [0.4, 0.5) is 8.78 Å². The number of methoxy groups -OCH3 is 1. The molecule has 0 bridgehead atoms. The van der Waals surface area contributed by atoms with Gasteiger partial charge in [0, 0.05) is 11.6 Å². The molecular weight excluding hydrogens is 328 g/mol. The number of alkyl halides is 2. The molecule has 0 aromatic heterocycles. The molecule has 24 heavy (non-hydrogen) atoms. The molecule has 0 fully saturated rings. The molecule has 0 heterocycles. The highest BCUT2D eigenvalue weighted by Gasteiger charge is 2.17. The van der Waals surface area contributed by atoms with Crippen LogP contribution in [-0.2, 0) is 9.59 Å². The van der Waals surface area contributed by atoms with E-state index in [1.165, 1.54) is 13.2 Å². The lowest BCUT2D eigenvalue weighted by Crippen LogP contribution is -2.49. The van der Waals surface area contributed by atoms with E-state index >= 15 is 0 Å². The Morgan fingerprint density at radius 1 is 1.04 bits per heavy atom. The number of rotatable bonds is 5. The second-order valence-corrected chi connectivity index (χ2v) is 4.78. The molecular formula is C14H17F2N3O5. The van der Waals surface area contributed by atoms with Crippen molar-refractivity contribution in [1.29, 1.82) is 0 Å². The van der Waals surface area contributed by atoms with Crippen molar-refractivity contribution >= 4 is 17.7 Å². The van der Waals surface area contributed by atoms with E-state index in [0.717, 1.165) is 12.1 Å². The van der Waals surface area contributed by atoms with E-state index in [1.54, 1.807) is 13.8 Å². The summed E-state index contributed by atoms with van der Waals surface area (Å²) in [5.41, 5.74) is 3.95. The van der Waals surface area contributed by atoms with Crippen molar-refractivity contribution in [1.82, 2.24) is 16.2 Å². The Morgan fingerprint density at radius 3 is 2.25 bits per heavy atom. The molecule has 0 radical (unpaired) electrons. The minimum atomic E-state index is -3.04. The van der Waals surface area contributed by atoms with E-state index in [-0.39, 0.29) is 23.1 Å². The van der Waals surface area contributed by atoms with Gasteiger partial charge in [-0.3, -0.25) is 25.2 Å². The van der Waals surface area contributed by atoms with E-state index < -0.39 is 24.3 Å². The van der Waals surface area contributed by atoms with Crippen LogP contribution in [0.3, 0.4) is 0 Å². The van der Waals surface area contributed by atoms with Crippen molar-refractivity contribution in [3.05, 3.63) is 23.8 Å². The number of ether oxygens (including phenoxy) is 2. The summed E-state index contributed by atoms with van der Waals surface area (Å²) in [6.07, 6.45) is 0. The van der Waals surface area contributed by atoms with Gasteiger partial charge in [0.2, 0.25) is 0 Å². The topological polar surface area (TPSA) is 106 Å². The predicted molar refractivity (Wildman–Crippen MR) is 78.5 cm³/mol. The molecule has 10 heteroatoms. The first-order valence-corrected chi connectivity index (χ1v) is 6.78. The third kappa shape index (κ3) is 5.71. The third-order valence-corrected chi connectivity index (χ3v) is 2.56. The minimum Gasteiger partial charge on any atom is -0.493 e. The standard InChI is InChI=1S/C14H17F2N3O5/c1-7(2)17-12(21)13(22)19-18-11(20)8-4-5-9(24-14(15)16)10(6-8)23-3/h4-7,14H,1-3H3,(H,17,21)(H,18,20)(H,19,22). The lowest BCUT2D eigenvalue weighted by molar-refractivity contribution is -0.139. The molecule has 1 aromatic carbocycles. The van der Waals surface area contributed by atoms with Crippen LogP contribution in [0, 0.1) is 0 Å². The van der Waals surface area contributed by atoms with Crippen LogP contribution in [0.1, 0.15) is 24.2 Å². The van der Waals surface area contributed by atoms with Crippen molar-refractivity contribution in [3.8, 4) is 11.5 Å². The number of benzene rings is 1. The normalized spacial score (nSPS) is 10.3. The van der Waals surface area contributed by atoms with Crippen molar-refractivity contribution in [2.45, 2.75) is 26.5 Å². The lowest BCUT2D eigenvalue weighted by Gasteiger charge is -2.12. The molecule has 0 saturated carbocycles. The first-order valence-electron chi connectivity index (χ1n) is 6.78. The zero-order chi connectivity index (χ0) is 18.3. The fourth-order valence-electron chi connectivity index (χ4n) is 1.57. The zero-order valence-corrected chi connectivity index (χ0v) is 13.2. The van der Waals surface area contributed by atoms with Crippen LogP contribution >= 0.6 is 0 Å². The highest BCUT2D eigenvalue weighted by molar-refractivity contribution is 6.35. The van der Waals surface area contributed by atoms with Gasteiger partial charge in [-0.25, -0.2) is 0 Å². The summed E-state index contributed by atoms with van der Waals surface area (Å²) >= 11 is 0. The third-order valence-electron chi connectivity index (χ3n) is 2.56. The number of hydrogen-bond donors (Lipinski definition) is 3. The Balaban J connectivity index is 2.71. The Morgan fingerprint density at radius 2 is 1.71 bits per heavy atom. The van der Waals surface area contributed by atoms with E-state index in [0.29, 0.717) is 0 Å². The summed E-state index contributed by atoms with van der Waals surface area (Å²) < 4.78 is 33.5. The Kier molecular flexibility index (Phi) is 6.90. The molecule has 0 aliphatic heterocycles. The summed E-state index contributed by atoms with van der Waals surface area (Å²) in [6, 6.07) is 3.21. The monoisotopic (exact) mass is 345 g/mol. The maximum absolute atomic E-state index is 12.2. The number of halogens is 2. The van der Waals surface area contributed by atoms with Crippen molar-refractivity contribution < 1.29 is 32.6 Å². The van der Waals surface area contributed by atoms with Crippen molar-refractivity contribution in [2.75, 3.05) is 7.11 Å². The molecule has 3 amide bonds. The molecule has 0 aliphatic rings. The molecule has 0 atom stereocenters. The molecule has 8 nitrogen and oxygen atoms in total. The summed E-state index contributed by atoms with van der Waals surface area (Å²) in [6.45, 7) is 0.287. The molecule has 0 aliphatic carbocycles. The maximum atomic E-state index is 12.2. The second kappa shape index (κ2) is 8.65. The zero-order valence-electron chi connectivity index (χ0n) is 13.2. The quantitative estimate of drug-likeness (QED) is 0.535. The van der Waals surface area contributed by atoms with E-state index in [4.69, 9.17) is 4.74 Å². The van der Waals surface area contributed by atoms with Gasteiger partial charge in [0.05, 0.1) is 7.11 Å². The van der Waals surface area contributed by atoms with E-state index in [9.17, 15) is 23.2 Å². The summed E-state index contributed by atoms with van der Waals surface area (Å²) in [5, 5.41) is 2.34. The van der Waals surface area contributed by atoms with Crippen LogP contribution in [0.15, 0.2) is 18.2 Å². The second-order valence-electron chi connectivity index (χ2n) is 4.78. The molecule has 0 saturated heterocycles. The van der Waals surface area contributed by atoms with Crippen LogP contribution in [-0.4, -0.2) is 37.5 Å². The van der Waals surface area contributed by atoms with Crippen LogP contribution in [0.2, 0.25) is 0 Å². The van der Waals surface area contributed by atoms with Gasteiger partial charge in [0.25, 0.3) is 5.91 Å². The number of nitrogens with one attached hydrogen (secondary N) is 3. The highest BCUT2D eigenvalue weighted by atomic mass is 19.3. The average molecular weight is 345 g/mol. The fraction of sp³-hybridized carbons (Fsp3) is 0.357. The first-order chi connectivity index (χ1) is 11.2. The Hall–Kier alpha value is -2.91. The molecule has 1 aromatic rings.